The molecule has 0 fully saturated rings. The molecule has 2 rings (SSSR count). The molecule has 1 heterocycles. The molecule has 84 valence electrons. The lowest BCUT2D eigenvalue weighted by molar-refractivity contribution is 1.29. The first-order valence-electron chi connectivity index (χ1n) is 4.77. The van der Waals surface area contributed by atoms with Crippen LogP contribution in [0.3, 0.4) is 0 Å². The molecule has 3 nitrogen and oxygen atoms in total. The SMILES string of the molecule is N#Cc1ccc(Nc2cc(Br)ccc2Cl)nc1. The molecule has 0 aliphatic heterocycles. The lowest BCUT2D eigenvalue weighted by atomic mass is 10.3. The van der Waals surface area contributed by atoms with E-state index in [0.717, 1.165) is 10.2 Å². The van der Waals surface area contributed by atoms with Gasteiger partial charge in [-0.05, 0) is 30.3 Å². The highest BCUT2D eigenvalue weighted by molar-refractivity contribution is 9.10. The van der Waals surface area contributed by atoms with E-state index in [2.05, 4.69) is 26.2 Å². The van der Waals surface area contributed by atoms with Gasteiger partial charge in [-0.25, -0.2) is 4.98 Å². The monoisotopic (exact) mass is 307 g/mol. The summed E-state index contributed by atoms with van der Waals surface area (Å²) in [4.78, 5) is 4.11. The van der Waals surface area contributed by atoms with E-state index in [0.29, 0.717) is 16.4 Å². The van der Waals surface area contributed by atoms with Gasteiger partial charge in [0.05, 0.1) is 16.3 Å². The molecule has 0 atom stereocenters. The van der Waals surface area contributed by atoms with E-state index in [1.807, 2.05) is 18.2 Å². The van der Waals surface area contributed by atoms with Crippen LogP contribution in [0.25, 0.3) is 0 Å². The third-order valence-corrected chi connectivity index (χ3v) is 2.91. The van der Waals surface area contributed by atoms with E-state index in [1.54, 1.807) is 18.2 Å². The van der Waals surface area contributed by atoms with Crippen molar-refractivity contribution in [3.63, 3.8) is 0 Å². The first kappa shape index (κ1) is 11.9. The molecule has 0 saturated carbocycles. The van der Waals surface area contributed by atoms with Crippen LogP contribution >= 0.6 is 27.5 Å². The Labute approximate surface area is 112 Å². The van der Waals surface area contributed by atoms with Crippen LogP contribution in [0.5, 0.6) is 0 Å². The highest BCUT2D eigenvalue weighted by atomic mass is 79.9. The fourth-order valence-electron chi connectivity index (χ4n) is 1.27. The maximum Gasteiger partial charge on any atom is 0.130 e. The number of rotatable bonds is 2. The van der Waals surface area contributed by atoms with Crippen LogP contribution in [0.15, 0.2) is 41.0 Å². The van der Waals surface area contributed by atoms with Gasteiger partial charge in [-0.15, -0.1) is 0 Å². The van der Waals surface area contributed by atoms with Crippen molar-refractivity contribution in [2.75, 3.05) is 5.32 Å². The average Bonchev–Trinajstić information content (AvgIpc) is 2.35. The summed E-state index contributed by atoms with van der Waals surface area (Å²) in [6, 6.07) is 11.0. The quantitative estimate of drug-likeness (QED) is 0.908. The summed E-state index contributed by atoms with van der Waals surface area (Å²) in [6.07, 6.45) is 1.51. The summed E-state index contributed by atoms with van der Waals surface area (Å²) >= 11 is 9.41. The zero-order chi connectivity index (χ0) is 12.3. The van der Waals surface area contributed by atoms with Gasteiger partial charge >= 0.3 is 0 Å². The van der Waals surface area contributed by atoms with Crippen LogP contribution in [0.4, 0.5) is 11.5 Å². The number of nitrogens with zero attached hydrogens (tertiary/aromatic N) is 2. The van der Waals surface area contributed by atoms with Crippen molar-refractivity contribution in [1.82, 2.24) is 4.98 Å². The molecule has 0 unspecified atom stereocenters. The predicted molar refractivity (Wildman–Crippen MR) is 71.4 cm³/mol. The van der Waals surface area contributed by atoms with Crippen molar-refractivity contribution in [2.24, 2.45) is 0 Å². The Balaban J connectivity index is 2.25. The Kier molecular flexibility index (Phi) is 3.62. The van der Waals surface area contributed by atoms with E-state index in [9.17, 15) is 0 Å². The second-order valence-corrected chi connectivity index (χ2v) is 4.62. The van der Waals surface area contributed by atoms with Crippen molar-refractivity contribution in [1.29, 1.82) is 5.26 Å². The van der Waals surface area contributed by atoms with Gasteiger partial charge in [0.2, 0.25) is 0 Å². The van der Waals surface area contributed by atoms with Gasteiger partial charge in [-0.2, -0.15) is 5.26 Å². The minimum Gasteiger partial charge on any atom is -0.339 e. The van der Waals surface area contributed by atoms with Gasteiger partial charge < -0.3 is 5.32 Å². The number of halogens is 2. The molecule has 0 aliphatic carbocycles. The average molecular weight is 309 g/mol. The van der Waals surface area contributed by atoms with Crippen molar-refractivity contribution in [2.45, 2.75) is 0 Å². The summed E-state index contributed by atoms with van der Waals surface area (Å²) in [5.74, 6) is 0.643. The van der Waals surface area contributed by atoms with Gasteiger partial charge in [-0.3, -0.25) is 0 Å². The fourth-order valence-corrected chi connectivity index (χ4v) is 1.79. The molecule has 0 aliphatic rings. The van der Waals surface area contributed by atoms with Crippen LogP contribution < -0.4 is 5.32 Å². The Morgan fingerprint density at radius 3 is 2.76 bits per heavy atom. The zero-order valence-corrected chi connectivity index (χ0v) is 11.0. The number of hydrogen-bond acceptors (Lipinski definition) is 3. The van der Waals surface area contributed by atoms with Gasteiger partial charge in [-0.1, -0.05) is 27.5 Å². The molecule has 1 N–H and O–H groups in total. The maximum atomic E-state index is 8.66. The number of anilines is 2. The summed E-state index contributed by atoms with van der Waals surface area (Å²) in [5.41, 5.74) is 1.29. The molecular weight excluding hydrogens is 302 g/mol. The molecule has 1 aromatic carbocycles. The smallest absolute Gasteiger partial charge is 0.130 e. The van der Waals surface area contributed by atoms with Crippen LogP contribution in [-0.4, -0.2) is 4.98 Å². The number of aromatic nitrogens is 1. The molecule has 5 heteroatoms. The van der Waals surface area contributed by atoms with Crippen molar-refractivity contribution >= 4 is 39.0 Å². The molecular formula is C12H7BrClN3. The lowest BCUT2D eigenvalue weighted by Crippen LogP contribution is -1.94. The Bertz CT molecular complexity index is 575. The van der Waals surface area contributed by atoms with Gasteiger partial charge in [0.15, 0.2) is 0 Å². The first-order chi connectivity index (χ1) is 8.19. The van der Waals surface area contributed by atoms with Crippen LogP contribution in [0, 0.1) is 11.3 Å². The van der Waals surface area contributed by atoms with E-state index in [4.69, 9.17) is 16.9 Å². The van der Waals surface area contributed by atoms with E-state index in [1.165, 1.54) is 6.20 Å². The molecule has 0 spiro atoms. The lowest BCUT2D eigenvalue weighted by Gasteiger charge is -2.07. The molecule has 1 aromatic heterocycles. The number of hydrogen-bond donors (Lipinski definition) is 1. The molecule has 0 radical (unpaired) electrons. The van der Waals surface area contributed by atoms with Crippen molar-refractivity contribution < 1.29 is 0 Å². The number of nitriles is 1. The van der Waals surface area contributed by atoms with Crippen LogP contribution in [-0.2, 0) is 0 Å². The third kappa shape index (κ3) is 2.96. The van der Waals surface area contributed by atoms with Crippen molar-refractivity contribution in [3.05, 3.63) is 51.6 Å². The number of benzene rings is 1. The number of pyridine rings is 1. The standard InChI is InChI=1S/C12H7BrClN3/c13-9-2-3-10(14)11(5-9)17-12-4-1-8(6-15)7-16-12/h1-5,7H,(H,16,17). The molecule has 0 bridgehead atoms. The normalized spacial score (nSPS) is 9.71. The first-order valence-corrected chi connectivity index (χ1v) is 5.94. The summed E-state index contributed by atoms with van der Waals surface area (Å²) in [5, 5.41) is 12.4. The number of nitrogens with one attached hydrogen (secondary N) is 1. The third-order valence-electron chi connectivity index (χ3n) is 2.08. The highest BCUT2D eigenvalue weighted by Gasteiger charge is 2.02. The maximum absolute atomic E-state index is 8.66. The largest absolute Gasteiger partial charge is 0.339 e. The molecule has 2 aromatic rings. The molecule has 17 heavy (non-hydrogen) atoms. The summed E-state index contributed by atoms with van der Waals surface area (Å²) in [6.45, 7) is 0. The topological polar surface area (TPSA) is 48.7 Å². The minimum atomic E-state index is 0.524. The second-order valence-electron chi connectivity index (χ2n) is 3.29. The van der Waals surface area contributed by atoms with E-state index < -0.39 is 0 Å². The van der Waals surface area contributed by atoms with Gasteiger partial charge in [0.1, 0.15) is 11.9 Å². The Hall–Kier alpha value is -1.57. The van der Waals surface area contributed by atoms with Gasteiger partial charge in [0.25, 0.3) is 0 Å². The predicted octanol–water partition coefficient (Wildman–Crippen LogP) is 4.11. The summed E-state index contributed by atoms with van der Waals surface area (Å²) in [7, 11) is 0. The van der Waals surface area contributed by atoms with Crippen LogP contribution in [0.1, 0.15) is 5.56 Å². The Morgan fingerprint density at radius 1 is 1.29 bits per heavy atom. The van der Waals surface area contributed by atoms with Crippen molar-refractivity contribution in [3.8, 4) is 6.07 Å². The zero-order valence-electron chi connectivity index (χ0n) is 8.61. The Morgan fingerprint density at radius 2 is 2.12 bits per heavy atom. The van der Waals surface area contributed by atoms with Crippen LogP contribution in [0.2, 0.25) is 5.02 Å². The molecule has 0 saturated heterocycles. The molecule has 0 amide bonds. The highest BCUT2D eigenvalue weighted by Crippen LogP contribution is 2.27. The minimum absolute atomic E-state index is 0.524. The van der Waals surface area contributed by atoms with E-state index in [-0.39, 0.29) is 0 Å². The van der Waals surface area contributed by atoms with E-state index >= 15 is 0 Å². The summed E-state index contributed by atoms with van der Waals surface area (Å²) < 4.78 is 0.929. The fraction of sp³-hybridized carbons (Fsp3) is 0. The second kappa shape index (κ2) is 5.17. The van der Waals surface area contributed by atoms with Gasteiger partial charge in [0, 0.05) is 10.7 Å².